The Kier molecular flexibility index (Phi) is 3.27. The molecule has 0 aliphatic heterocycles. The molecule has 0 radical (unpaired) electrons. The van der Waals surface area contributed by atoms with Gasteiger partial charge in [0, 0.05) is 0 Å². The van der Waals surface area contributed by atoms with E-state index in [1.807, 2.05) is 0 Å². The quantitative estimate of drug-likeness (QED) is 0.859. The van der Waals surface area contributed by atoms with Gasteiger partial charge in [-0.15, -0.1) is 0 Å². The molecule has 1 amide bonds. The molecule has 90 valence electrons. The molecule has 0 bridgehead atoms. The predicted molar refractivity (Wildman–Crippen MR) is 51.2 cm³/mol. The highest BCUT2D eigenvalue weighted by atomic mass is 19.4. The van der Waals surface area contributed by atoms with Gasteiger partial charge in [-0.3, -0.25) is 4.79 Å². The number of amides is 1. The first-order valence-electron chi connectivity index (χ1n) is 4.30. The minimum Gasteiger partial charge on any atom is -0.495 e. The number of primary amides is 1. The van der Waals surface area contributed by atoms with Gasteiger partial charge in [0.05, 0.1) is 29.9 Å². The molecule has 17 heavy (non-hydrogen) atoms. The van der Waals surface area contributed by atoms with Crippen LogP contribution in [0.3, 0.4) is 0 Å². The van der Waals surface area contributed by atoms with Gasteiger partial charge in [-0.25, -0.2) is 0 Å². The summed E-state index contributed by atoms with van der Waals surface area (Å²) in [5, 5.41) is 8.59. The van der Waals surface area contributed by atoms with Crippen molar-refractivity contribution in [1.29, 1.82) is 5.26 Å². The maximum Gasteiger partial charge on any atom is 0.420 e. The summed E-state index contributed by atoms with van der Waals surface area (Å²) >= 11 is 0. The molecule has 0 aliphatic carbocycles. The topological polar surface area (TPSA) is 76.1 Å². The summed E-state index contributed by atoms with van der Waals surface area (Å²) in [6.45, 7) is 0. The molecule has 0 heterocycles. The molecule has 1 aromatic carbocycles. The van der Waals surface area contributed by atoms with E-state index in [2.05, 4.69) is 4.74 Å². The molecule has 0 atom stereocenters. The molecule has 0 spiro atoms. The lowest BCUT2D eigenvalue weighted by atomic mass is 10.0. The number of rotatable bonds is 2. The molecule has 7 heteroatoms. The molecule has 0 saturated carbocycles. The molecule has 0 fully saturated rings. The van der Waals surface area contributed by atoms with Gasteiger partial charge in [0.1, 0.15) is 5.75 Å². The maximum atomic E-state index is 12.7. The average molecular weight is 244 g/mol. The summed E-state index contributed by atoms with van der Waals surface area (Å²) in [6.07, 6.45) is -4.73. The summed E-state index contributed by atoms with van der Waals surface area (Å²) in [7, 11) is 0.989. The summed E-state index contributed by atoms with van der Waals surface area (Å²) in [5.41, 5.74) is 2.94. The van der Waals surface area contributed by atoms with Crippen molar-refractivity contribution in [2.45, 2.75) is 6.18 Å². The van der Waals surface area contributed by atoms with Crippen molar-refractivity contribution in [3.8, 4) is 11.8 Å². The minimum atomic E-state index is -4.73. The highest BCUT2D eigenvalue weighted by Gasteiger charge is 2.36. The molecule has 0 saturated heterocycles. The van der Waals surface area contributed by atoms with Crippen molar-refractivity contribution in [1.82, 2.24) is 0 Å². The predicted octanol–water partition coefficient (Wildman–Crippen LogP) is 1.68. The van der Waals surface area contributed by atoms with Crippen molar-refractivity contribution >= 4 is 5.91 Å². The fourth-order valence-electron chi connectivity index (χ4n) is 1.31. The van der Waals surface area contributed by atoms with Gasteiger partial charge in [0.15, 0.2) is 0 Å². The van der Waals surface area contributed by atoms with Gasteiger partial charge in [-0.05, 0) is 12.1 Å². The van der Waals surface area contributed by atoms with Crippen LogP contribution in [0, 0.1) is 11.3 Å². The fourth-order valence-corrected chi connectivity index (χ4v) is 1.31. The van der Waals surface area contributed by atoms with Crippen LogP contribution < -0.4 is 10.5 Å². The summed E-state index contributed by atoms with van der Waals surface area (Å²) in [4.78, 5) is 11.0. The third-order valence-electron chi connectivity index (χ3n) is 1.99. The van der Waals surface area contributed by atoms with Crippen molar-refractivity contribution in [2.24, 2.45) is 5.73 Å². The van der Waals surface area contributed by atoms with E-state index in [0.29, 0.717) is 6.07 Å². The standard InChI is InChI=1S/C10H7F3N2O2/c1-17-8-6(9(15)16)2-5(4-14)3-7(8)10(11,12)13/h2-3H,1H3,(H2,15,16). The van der Waals surface area contributed by atoms with Crippen LogP contribution in [0.5, 0.6) is 5.75 Å². The summed E-state index contributed by atoms with van der Waals surface area (Å²) in [5.74, 6) is -1.77. The normalized spacial score (nSPS) is 10.8. The highest BCUT2D eigenvalue weighted by Crippen LogP contribution is 2.38. The van der Waals surface area contributed by atoms with Crippen LogP contribution in [0.15, 0.2) is 12.1 Å². The number of nitriles is 1. The van der Waals surface area contributed by atoms with E-state index in [1.54, 1.807) is 0 Å². The number of ether oxygens (including phenoxy) is 1. The van der Waals surface area contributed by atoms with Crippen LogP contribution in [0.4, 0.5) is 13.2 Å². The Labute approximate surface area is 94.4 Å². The second kappa shape index (κ2) is 4.33. The number of nitrogens with two attached hydrogens (primary N) is 1. The zero-order valence-electron chi connectivity index (χ0n) is 8.63. The van der Waals surface area contributed by atoms with Crippen LogP contribution in [-0.4, -0.2) is 13.0 Å². The Bertz CT molecular complexity index is 503. The third-order valence-corrected chi connectivity index (χ3v) is 1.99. The Morgan fingerprint density at radius 3 is 2.41 bits per heavy atom. The molecule has 1 rings (SSSR count). The van der Waals surface area contributed by atoms with Gasteiger partial charge in [-0.1, -0.05) is 0 Å². The largest absolute Gasteiger partial charge is 0.495 e. The summed E-state index contributed by atoms with van der Waals surface area (Å²) < 4.78 is 42.5. The van der Waals surface area contributed by atoms with Crippen LogP contribution in [0.25, 0.3) is 0 Å². The number of hydrogen-bond acceptors (Lipinski definition) is 3. The van der Waals surface area contributed by atoms with Crippen molar-refractivity contribution in [3.05, 3.63) is 28.8 Å². The number of carbonyl (C=O) groups excluding carboxylic acids is 1. The van der Waals surface area contributed by atoms with E-state index < -0.39 is 29.0 Å². The smallest absolute Gasteiger partial charge is 0.420 e. The minimum absolute atomic E-state index is 0.313. The zero-order valence-corrected chi connectivity index (χ0v) is 8.63. The zero-order chi connectivity index (χ0) is 13.2. The first-order valence-corrected chi connectivity index (χ1v) is 4.30. The molecule has 0 aliphatic rings. The molecular formula is C10H7F3N2O2. The Balaban J connectivity index is 3.64. The second-order valence-corrected chi connectivity index (χ2v) is 3.08. The third kappa shape index (κ3) is 2.47. The average Bonchev–Trinajstić information content (AvgIpc) is 2.25. The van der Waals surface area contributed by atoms with Gasteiger partial charge in [0.25, 0.3) is 5.91 Å². The van der Waals surface area contributed by atoms with E-state index in [4.69, 9.17) is 11.0 Å². The maximum absolute atomic E-state index is 12.7. The lowest BCUT2D eigenvalue weighted by Crippen LogP contribution is -2.17. The molecule has 1 aromatic rings. The van der Waals surface area contributed by atoms with Crippen molar-refractivity contribution < 1.29 is 22.7 Å². The van der Waals surface area contributed by atoms with Crippen LogP contribution in [0.2, 0.25) is 0 Å². The number of carbonyl (C=O) groups is 1. The fraction of sp³-hybridized carbons (Fsp3) is 0.200. The lowest BCUT2D eigenvalue weighted by molar-refractivity contribution is -0.138. The monoisotopic (exact) mass is 244 g/mol. The Morgan fingerprint density at radius 1 is 1.47 bits per heavy atom. The van der Waals surface area contributed by atoms with Gasteiger partial charge < -0.3 is 10.5 Å². The van der Waals surface area contributed by atoms with Crippen LogP contribution >= 0.6 is 0 Å². The SMILES string of the molecule is COc1c(C(N)=O)cc(C#N)cc1C(F)(F)F. The van der Waals surface area contributed by atoms with Crippen molar-refractivity contribution in [2.75, 3.05) is 7.11 Å². The molecular weight excluding hydrogens is 237 g/mol. The number of alkyl halides is 3. The summed E-state index contributed by atoms with van der Waals surface area (Å²) in [6, 6.07) is 3.08. The highest BCUT2D eigenvalue weighted by molar-refractivity contribution is 5.96. The molecule has 2 N–H and O–H groups in total. The van der Waals surface area contributed by atoms with Gasteiger partial charge in [-0.2, -0.15) is 18.4 Å². The van der Waals surface area contributed by atoms with E-state index in [0.717, 1.165) is 13.2 Å². The molecule has 0 aromatic heterocycles. The van der Waals surface area contributed by atoms with Crippen LogP contribution in [-0.2, 0) is 6.18 Å². The van der Waals surface area contributed by atoms with E-state index in [1.165, 1.54) is 6.07 Å². The van der Waals surface area contributed by atoms with E-state index >= 15 is 0 Å². The Morgan fingerprint density at radius 2 is 2.06 bits per heavy atom. The number of hydrogen-bond donors (Lipinski definition) is 1. The first-order chi connectivity index (χ1) is 7.81. The van der Waals surface area contributed by atoms with Crippen molar-refractivity contribution in [3.63, 3.8) is 0 Å². The van der Waals surface area contributed by atoms with Gasteiger partial charge in [0.2, 0.25) is 0 Å². The number of methoxy groups -OCH3 is 1. The van der Waals surface area contributed by atoms with E-state index in [9.17, 15) is 18.0 Å². The lowest BCUT2D eigenvalue weighted by Gasteiger charge is -2.14. The van der Waals surface area contributed by atoms with Gasteiger partial charge >= 0.3 is 6.18 Å². The number of nitrogens with zero attached hydrogens (tertiary/aromatic N) is 1. The van der Waals surface area contributed by atoms with E-state index in [-0.39, 0.29) is 5.56 Å². The number of benzene rings is 1. The molecule has 0 unspecified atom stereocenters. The Hall–Kier alpha value is -2.23. The second-order valence-electron chi connectivity index (χ2n) is 3.08. The first kappa shape index (κ1) is 12.8. The number of halogens is 3. The molecule has 4 nitrogen and oxygen atoms in total. The van der Waals surface area contributed by atoms with Crippen LogP contribution in [0.1, 0.15) is 21.5 Å².